The van der Waals surface area contributed by atoms with Gasteiger partial charge in [-0.2, -0.15) is 0 Å². The molecule has 0 saturated carbocycles. The molecule has 5 rings (SSSR count). The maximum atomic E-state index is 13.1. The smallest absolute Gasteiger partial charge is 0.320 e. The first-order chi connectivity index (χ1) is 18.5. The van der Waals surface area contributed by atoms with Crippen molar-refractivity contribution in [3.05, 3.63) is 76.7 Å². The molecule has 1 aromatic heterocycles. The van der Waals surface area contributed by atoms with Gasteiger partial charge in [0.05, 0.1) is 0 Å². The first-order valence-corrected chi connectivity index (χ1v) is 14.6. The van der Waals surface area contributed by atoms with Crippen molar-refractivity contribution in [3.8, 4) is 10.4 Å². The van der Waals surface area contributed by atoms with E-state index in [1.165, 1.54) is 10.4 Å². The molecule has 2 aliphatic rings. The van der Waals surface area contributed by atoms with Crippen LogP contribution in [-0.4, -0.2) is 60.9 Å². The molecule has 0 bridgehead atoms. The Morgan fingerprint density at radius 3 is 2.34 bits per heavy atom. The van der Waals surface area contributed by atoms with Crippen LogP contribution in [0.4, 0.5) is 10.5 Å². The zero-order valence-corrected chi connectivity index (χ0v) is 23.1. The Kier molecular flexibility index (Phi) is 8.15. The summed E-state index contributed by atoms with van der Waals surface area (Å²) in [5, 5.41) is 5.37. The van der Waals surface area contributed by atoms with Gasteiger partial charge in [-0.1, -0.05) is 49.7 Å². The molecule has 6 nitrogen and oxygen atoms in total. The average molecular weight is 531 g/mol. The summed E-state index contributed by atoms with van der Waals surface area (Å²) in [7, 11) is 0. The summed E-state index contributed by atoms with van der Waals surface area (Å²) in [5.41, 5.74) is 11.0. The number of likely N-dealkylation sites (tertiary alicyclic amines) is 1. The van der Waals surface area contributed by atoms with Crippen molar-refractivity contribution in [3.63, 3.8) is 0 Å². The van der Waals surface area contributed by atoms with Crippen LogP contribution in [0.3, 0.4) is 0 Å². The van der Waals surface area contributed by atoms with Crippen LogP contribution in [0.2, 0.25) is 0 Å². The molecule has 0 aliphatic carbocycles. The molecule has 2 amide bonds. The van der Waals surface area contributed by atoms with Gasteiger partial charge in [0.15, 0.2) is 5.78 Å². The summed E-state index contributed by atoms with van der Waals surface area (Å²) in [6, 6.07) is 18.4. The number of anilines is 1. The number of urea groups is 1. The number of hydrogen-bond acceptors (Lipinski definition) is 5. The van der Waals surface area contributed by atoms with Crippen LogP contribution >= 0.6 is 11.3 Å². The van der Waals surface area contributed by atoms with Crippen LogP contribution in [0.25, 0.3) is 10.4 Å². The number of rotatable bonds is 7. The minimum absolute atomic E-state index is 0.0801. The highest BCUT2D eigenvalue weighted by Crippen LogP contribution is 2.38. The predicted molar refractivity (Wildman–Crippen MR) is 156 cm³/mol. The number of piperazine rings is 1. The fraction of sp³-hybridized carbons (Fsp3) is 0.419. The van der Waals surface area contributed by atoms with Gasteiger partial charge in [-0.3, -0.25) is 4.79 Å². The third-order valence-corrected chi connectivity index (χ3v) is 9.31. The lowest BCUT2D eigenvalue weighted by Crippen LogP contribution is -2.54. The van der Waals surface area contributed by atoms with E-state index in [1.807, 2.05) is 46.2 Å². The number of nitrogen functional groups attached to an aromatic ring is 1. The van der Waals surface area contributed by atoms with Crippen molar-refractivity contribution in [1.29, 1.82) is 0 Å². The summed E-state index contributed by atoms with van der Waals surface area (Å²) >= 11 is 1.68. The summed E-state index contributed by atoms with van der Waals surface area (Å²) < 4.78 is 0. The zero-order valence-electron chi connectivity index (χ0n) is 22.2. The lowest BCUT2D eigenvalue weighted by atomic mass is 9.72. The minimum Gasteiger partial charge on any atom is -0.398 e. The Bertz CT molecular complexity index is 1240. The average Bonchev–Trinajstić information content (AvgIpc) is 3.50. The van der Waals surface area contributed by atoms with Crippen molar-refractivity contribution in [2.75, 3.05) is 45.0 Å². The van der Waals surface area contributed by atoms with E-state index in [-0.39, 0.29) is 17.2 Å². The van der Waals surface area contributed by atoms with E-state index in [9.17, 15) is 9.59 Å². The van der Waals surface area contributed by atoms with Crippen molar-refractivity contribution in [1.82, 2.24) is 15.1 Å². The van der Waals surface area contributed by atoms with E-state index >= 15 is 0 Å². The van der Waals surface area contributed by atoms with Gasteiger partial charge in [0.1, 0.15) is 0 Å². The molecule has 0 spiro atoms. The lowest BCUT2D eigenvalue weighted by Gasteiger charge is -2.43. The fourth-order valence-corrected chi connectivity index (χ4v) is 6.48. The number of ketones is 1. The molecule has 3 heterocycles. The molecule has 38 heavy (non-hydrogen) atoms. The van der Waals surface area contributed by atoms with Crippen LogP contribution < -0.4 is 11.1 Å². The van der Waals surface area contributed by atoms with Crippen LogP contribution in [0.15, 0.2) is 60.0 Å². The first-order valence-electron chi connectivity index (χ1n) is 13.8. The molecule has 2 aliphatic heterocycles. The minimum atomic E-state index is 0.0801. The SMILES string of the molecule is CCC1(Cc2ccc(C(=O)Cc3cc(-c4cccs4)ccc3N)cc2)CCN(C(=O)N2CCNCC2)CC1. The molecular weight excluding hydrogens is 492 g/mol. The number of benzene rings is 2. The highest BCUT2D eigenvalue weighted by atomic mass is 32.1. The Morgan fingerprint density at radius 2 is 1.68 bits per heavy atom. The molecule has 0 atom stereocenters. The summed E-state index contributed by atoms with van der Waals surface area (Å²) in [6.07, 6.45) is 4.39. The van der Waals surface area contributed by atoms with E-state index in [0.29, 0.717) is 12.1 Å². The maximum Gasteiger partial charge on any atom is 0.320 e. The van der Waals surface area contributed by atoms with Crippen LogP contribution in [0, 0.1) is 5.41 Å². The second-order valence-electron chi connectivity index (χ2n) is 10.7. The molecule has 200 valence electrons. The van der Waals surface area contributed by atoms with Crippen molar-refractivity contribution >= 4 is 28.8 Å². The van der Waals surface area contributed by atoms with Gasteiger partial charge in [-0.05, 0) is 64.9 Å². The quantitative estimate of drug-likeness (QED) is 0.313. The van der Waals surface area contributed by atoms with Crippen molar-refractivity contribution in [2.45, 2.75) is 39.0 Å². The predicted octanol–water partition coefficient (Wildman–Crippen LogP) is 5.48. The molecule has 7 heteroatoms. The maximum absolute atomic E-state index is 13.1. The highest BCUT2D eigenvalue weighted by molar-refractivity contribution is 7.13. The Balaban J connectivity index is 1.19. The molecule has 0 radical (unpaired) electrons. The van der Waals surface area contributed by atoms with Crippen LogP contribution in [-0.2, 0) is 12.8 Å². The standard InChI is InChI=1S/C31H38N4O2S/c1-2-31(11-15-34(16-12-31)30(37)35-17-13-33-14-18-35)22-23-5-7-24(8-6-23)28(36)21-26-20-25(9-10-27(26)32)29-4-3-19-38-29/h3-10,19-20,33H,2,11-18,21-22,32H2,1H3. The highest BCUT2D eigenvalue weighted by Gasteiger charge is 2.36. The Hall–Kier alpha value is -3.16. The second kappa shape index (κ2) is 11.7. The van der Waals surface area contributed by atoms with Gasteiger partial charge in [-0.25, -0.2) is 4.79 Å². The zero-order chi connectivity index (χ0) is 26.5. The summed E-state index contributed by atoms with van der Waals surface area (Å²) in [6.45, 7) is 7.26. The molecule has 3 N–H and O–H groups in total. The van der Waals surface area contributed by atoms with Gasteiger partial charge in [-0.15, -0.1) is 11.3 Å². The van der Waals surface area contributed by atoms with Gasteiger partial charge in [0.25, 0.3) is 0 Å². The van der Waals surface area contributed by atoms with E-state index in [0.717, 1.165) is 81.6 Å². The summed E-state index contributed by atoms with van der Waals surface area (Å²) in [5.74, 6) is 0.0801. The van der Waals surface area contributed by atoms with Crippen molar-refractivity contribution < 1.29 is 9.59 Å². The molecule has 0 unspecified atom stereocenters. The molecule has 2 fully saturated rings. The van der Waals surface area contributed by atoms with Crippen LogP contribution in [0.5, 0.6) is 0 Å². The molecule has 2 saturated heterocycles. The van der Waals surface area contributed by atoms with Gasteiger partial charge in [0.2, 0.25) is 0 Å². The number of piperidine rings is 1. The van der Waals surface area contributed by atoms with Crippen LogP contribution in [0.1, 0.15) is 47.7 Å². The Labute approximate surface area is 229 Å². The Morgan fingerprint density at radius 1 is 0.974 bits per heavy atom. The van der Waals surface area contributed by atoms with Gasteiger partial charge < -0.3 is 20.9 Å². The first kappa shape index (κ1) is 26.4. The third-order valence-electron chi connectivity index (χ3n) is 8.39. The lowest BCUT2D eigenvalue weighted by molar-refractivity contribution is 0.0901. The van der Waals surface area contributed by atoms with E-state index < -0.39 is 0 Å². The normalized spacial score (nSPS) is 17.4. The number of nitrogens with two attached hydrogens (primary N) is 1. The second-order valence-corrected chi connectivity index (χ2v) is 11.7. The number of carbonyl (C=O) groups excluding carboxylic acids is 2. The van der Waals surface area contributed by atoms with E-state index in [1.54, 1.807) is 11.3 Å². The van der Waals surface area contributed by atoms with E-state index in [4.69, 9.17) is 5.73 Å². The van der Waals surface area contributed by atoms with E-state index in [2.05, 4.69) is 35.8 Å². The third kappa shape index (κ3) is 5.94. The van der Waals surface area contributed by atoms with Gasteiger partial charge in [0, 0.05) is 61.8 Å². The number of amides is 2. The monoisotopic (exact) mass is 530 g/mol. The number of thiophene rings is 1. The number of nitrogens with one attached hydrogen (secondary N) is 1. The number of nitrogens with zero attached hydrogens (tertiary/aromatic N) is 2. The van der Waals surface area contributed by atoms with Crippen molar-refractivity contribution in [2.24, 2.45) is 5.41 Å². The van der Waals surface area contributed by atoms with Gasteiger partial charge >= 0.3 is 6.03 Å². The fourth-order valence-electron chi connectivity index (χ4n) is 5.76. The summed E-state index contributed by atoms with van der Waals surface area (Å²) in [4.78, 5) is 31.2. The number of Topliss-reactive ketones (excluding diaryl/α,β-unsaturated/α-hetero) is 1. The topological polar surface area (TPSA) is 78.7 Å². The largest absolute Gasteiger partial charge is 0.398 e. The molecule has 2 aromatic carbocycles. The number of hydrogen-bond donors (Lipinski definition) is 2. The molecule has 3 aromatic rings. The molecular formula is C31H38N4O2S. The number of carbonyl (C=O) groups is 2.